The standard InChI is InChI=1S/C22H28N4/c1-4-21-24-14(2)11-26(21)13-15-8-18-17-6-5-7-19-22(17)16(10-23-19)9-20(18)25(3)12-15/h5-7,10-11,15,18,20,23H,4,8-9,12-13H2,1-3H3/t15?,18-,20-/m1/s1. The van der Waals surface area contributed by atoms with Crippen molar-refractivity contribution in [3.63, 3.8) is 0 Å². The van der Waals surface area contributed by atoms with Gasteiger partial charge in [0.25, 0.3) is 0 Å². The number of fused-ring (bicyclic) bond motifs is 2. The van der Waals surface area contributed by atoms with Crippen LogP contribution in [0.5, 0.6) is 0 Å². The lowest BCUT2D eigenvalue weighted by molar-refractivity contribution is 0.103. The lowest BCUT2D eigenvalue weighted by Gasteiger charge is -2.45. The molecule has 3 heterocycles. The van der Waals surface area contributed by atoms with Gasteiger partial charge in [-0.2, -0.15) is 0 Å². The number of benzene rings is 1. The number of nitrogens with zero attached hydrogens (tertiary/aromatic N) is 3. The minimum atomic E-state index is 0.635. The second-order valence-corrected chi connectivity index (χ2v) is 8.31. The zero-order chi connectivity index (χ0) is 17.8. The number of nitrogens with one attached hydrogen (secondary N) is 1. The summed E-state index contributed by atoms with van der Waals surface area (Å²) in [6.07, 6.45) is 7.92. The minimum Gasteiger partial charge on any atom is -0.361 e. The van der Waals surface area contributed by atoms with Crippen molar-refractivity contribution in [1.29, 1.82) is 0 Å². The van der Waals surface area contributed by atoms with Crippen LogP contribution in [-0.2, 0) is 19.4 Å². The SMILES string of the molecule is CCc1nc(C)cn1CC1C[C@@H]2c3cccc4[nH]cc(c34)C[C@H]2N(C)C1. The molecule has 5 rings (SSSR count). The number of likely N-dealkylation sites (N-methyl/N-ethyl adjacent to an activating group) is 1. The maximum Gasteiger partial charge on any atom is 0.108 e. The Labute approximate surface area is 155 Å². The van der Waals surface area contributed by atoms with Gasteiger partial charge in [0, 0.05) is 54.8 Å². The summed E-state index contributed by atoms with van der Waals surface area (Å²) < 4.78 is 2.40. The van der Waals surface area contributed by atoms with Crippen molar-refractivity contribution in [2.24, 2.45) is 5.92 Å². The van der Waals surface area contributed by atoms with Crippen molar-refractivity contribution in [2.75, 3.05) is 13.6 Å². The Hall–Kier alpha value is -2.07. The number of rotatable bonds is 3. The maximum absolute atomic E-state index is 4.69. The average molecular weight is 348 g/mol. The van der Waals surface area contributed by atoms with Gasteiger partial charge < -0.3 is 14.5 Å². The zero-order valence-corrected chi connectivity index (χ0v) is 16.0. The molecule has 1 unspecified atom stereocenters. The molecule has 3 aromatic rings. The Morgan fingerprint density at radius 2 is 2.19 bits per heavy atom. The molecular weight excluding hydrogens is 320 g/mol. The molecule has 0 radical (unpaired) electrons. The summed E-state index contributed by atoms with van der Waals surface area (Å²) in [5.41, 5.74) is 5.51. The minimum absolute atomic E-state index is 0.635. The molecule has 0 spiro atoms. The molecule has 2 aromatic heterocycles. The zero-order valence-electron chi connectivity index (χ0n) is 16.0. The molecule has 1 fully saturated rings. The van der Waals surface area contributed by atoms with Crippen molar-refractivity contribution in [1.82, 2.24) is 19.4 Å². The third-order valence-corrected chi connectivity index (χ3v) is 6.56. The van der Waals surface area contributed by atoms with Gasteiger partial charge in [-0.25, -0.2) is 4.98 Å². The number of likely N-dealkylation sites (tertiary alicyclic amines) is 1. The van der Waals surface area contributed by atoms with E-state index in [0.29, 0.717) is 17.9 Å². The first kappa shape index (κ1) is 16.1. The molecule has 26 heavy (non-hydrogen) atoms. The Morgan fingerprint density at radius 3 is 3.04 bits per heavy atom. The molecule has 1 saturated heterocycles. The fraction of sp³-hybridized carbons (Fsp3) is 0.500. The van der Waals surface area contributed by atoms with Crippen LogP contribution in [0, 0.1) is 12.8 Å². The van der Waals surface area contributed by atoms with E-state index in [1.165, 1.54) is 41.7 Å². The number of piperidine rings is 1. The van der Waals surface area contributed by atoms with Crippen LogP contribution in [0.4, 0.5) is 0 Å². The van der Waals surface area contributed by atoms with E-state index < -0.39 is 0 Å². The Morgan fingerprint density at radius 1 is 1.31 bits per heavy atom. The Kier molecular flexibility index (Phi) is 3.71. The molecule has 1 aliphatic carbocycles. The molecule has 4 nitrogen and oxygen atoms in total. The first-order valence-electron chi connectivity index (χ1n) is 9.95. The number of aromatic nitrogens is 3. The molecule has 136 valence electrons. The van der Waals surface area contributed by atoms with E-state index in [0.717, 1.165) is 18.7 Å². The van der Waals surface area contributed by atoms with E-state index in [2.05, 4.69) is 65.9 Å². The summed E-state index contributed by atoms with van der Waals surface area (Å²) in [7, 11) is 2.32. The summed E-state index contributed by atoms with van der Waals surface area (Å²) in [6.45, 7) is 6.58. The van der Waals surface area contributed by atoms with Gasteiger partial charge in [0.1, 0.15) is 5.82 Å². The molecule has 0 saturated carbocycles. The van der Waals surface area contributed by atoms with Crippen molar-refractivity contribution >= 4 is 10.9 Å². The second kappa shape index (κ2) is 5.98. The second-order valence-electron chi connectivity index (χ2n) is 8.31. The first-order chi connectivity index (χ1) is 12.6. The summed E-state index contributed by atoms with van der Waals surface area (Å²) in [5, 5.41) is 1.50. The van der Waals surface area contributed by atoms with Gasteiger partial charge in [0.2, 0.25) is 0 Å². The van der Waals surface area contributed by atoms with Crippen LogP contribution in [0.1, 0.15) is 41.9 Å². The molecule has 1 N–H and O–H groups in total. The van der Waals surface area contributed by atoms with Gasteiger partial charge in [0.05, 0.1) is 5.69 Å². The number of hydrogen-bond donors (Lipinski definition) is 1. The number of imidazole rings is 1. The third kappa shape index (κ3) is 2.43. The van der Waals surface area contributed by atoms with Crippen molar-refractivity contribution in [3.8, 4) is 0 Å². The van der Waals surface area contributed by atoms with Gasteiger partial charge in [-0.3, -0.25) is 0 Å². The van der Waals surface area contributed by atoms with Crippen LogP contribution in [0.15, 0.2) is 30.6 Å². The molecule has 1 aliphatic heterocycles. The van der Waals surface area contributed by atoms with E-state index in [1.807, 2.05) is 0 Å². The Bertz CT molecular complexity index is 950. The van der Waals surface area contributed by atoms with Crippen LogP contribution in [0.2, 0.25) is 0 Å². The third-order valence-electron chi connectivity index (χ3n) is 6.56. The van der Waals surface area contributed by atoms with Crippen molar-refractivity contribution < 1.29 is 0 Å². The molecule has 4 heteroatoms. The maximum atomic E-state index is 4.69. The normalized spacial score (nSPS) is 25.6. The average Bonchev–Trinajstić information content (AvgIpc) is 3.20. The molecule has 3 atom stereocenters. The van der Waals surface area contributed by atoms with Crippen LogP contribution < -0.4 is 0 Å². The topological polar surface area (TPSA) is 36.9 Å². The predicted octanol–water partition coefficient (Wildman–Crippen LogP) is 3.90. The van der Waals surface area contributed by atoms with Crippen molar-refractivity contribution in [3.05, 3.63) is 53.2 Å². The summed E-state index contributed by atoms with van der Waals surface area (Å²) in [5.74, 6) is 2.54. The molecule has 1 aromatic carbocycles. The largest absolute Gasteiger partial charge is 0.361 e. The quantitative estimate of drug-likeness (QED) is 0.779. The van der Waals surface area contributed by atoms with Crippen LogP contribution in [-0.4, -0.2) is 39.1 Å². The van der Waals surface area contributed by atoms with Gasteiger partial charge in [-0.1, -0.05) is 19.1 Å². The number of H-pyrrole nitrogens is 1. The first-order valence-corrected chi connectivity index (χ1v) is 9.95. The fourth-order valence-electron chi connectivity index (χ4n) is 5.50. The van der Waals surface area contributed by atoms with E-state index >= 15 is 0 Å². The van der Waals surface area contributed by atoms with Gasteiger partial charge in [-0.15, -0.1) is 0 Å². The Balaban J connectivity index is 1.47. The van der Waals surface area contributed by atoms with Gasteiger partial charge in [-0.05, 0) is 49.9 Å². The van der Waals surface area contributed by atoms with Crippen LogP contribution in [0.25, 0.3) is 10.9 Å². The van der Waals surface area contributed by atoms with Gasteiger partial charge in [0.15, 0.2) is 0 Å². The number of aryl methyl sites for hydroxylation is 2. The summed E-state index contributed by atoms with van der Waals surface area (Å²) in [6, 6.07) is 7.44. The summed E-state index contributed by atoms with van der Waals surface area (Å²) >= 11 is 0. The van der Waals surface area contributed by atoms with Crippen LogP contribution >= 0.6 is 0 Å². The van der Waals surface area contributed by atoms with Crippen molar-refractivity contribution in [2.45, 2.75) is 51.6 Å². The highest BCUT2D eigenvalue weighted by molar-refractivity contribution is 5.88. The molecule has 0 amide bonds. The highest BCUT2D eigenvalue weighted by atomic mass is 15.2. The molecule has 0 bridgehead atoms. The lowest BCUT2D eigenvalue weighted by Crippen LogP contribution is -2.48. The van der Waals surface area contributed by atoms with E-state index in [-0.39, 0.29) is 0 Å². The summed E-state index contributed by atoms with van der Waals surface area (Å²) in [4.78, 5) is 10.8. The van der Waals surface area contributed by atoms with E-state index in [9.17, 15) is 0 Å². The number of aromatic amines is 1. The monoisotopic (exact) mass is 348 g/mol. The fourth-order valence-corrected chi connectivity index (χ4v) is 5.50. The van der Waals surface area contributed by atoms with Crippen LogP contribution in [0.3, 0.4) is 0 Å². The van der Waals surface area contributed by atoms with Gasteiger partial charge >= 0.3 is 0 Å². The van der Waals surface area contributed by atoms with E-state index in [1.54, 1.807) is 5.56 Å². The molecule has 2 aliphatic rings. The van der Waals surface area contributed by atoms with E-state index in [4.69, 9.17) is 4.98 Å². The highest BCUT2D eigenvalue weighted by Crippen LogP contribution is 2.44. The predicted molar refractivity (Wildman–Crippen MR) is 106 cm³/mol. The highest BCUT2D eigenvalue weighted by Gasteiger charge is 2.39. The number of hydrogen-bond acceptors (Lipinski definition) is 2. The lowest BCUT2D eigenvalue weighted by atomic mass is 9.72. The molecular formula is C22H28N4. The smallest absolute Gasteiger partial charge is 0.108 e.